The first-order valence-electron chi connectivity index (χ1n) is 8.74. The Morgan fingerprint density at radius 3 is 2.38 bits per heavy atom. The third kappa shape index (κ3) is 3.33. The van der Waals surface area contributed by atoms with Crippen LogP contribution in [0.3, 0.4) is 0 Å². The van der Waals surface area contributed by atoms with Gasteiger partial charge in [0.15, 0.2) is 0 Å². The van der Waals surface area contributed by atoms with Gasteiger partial charge in [-0.25, -0.2) is 4.79 Å². The largest absolute Gasteiger partial charge is 0.478 e. The molecule has 26 heavy (non-hydrogen) atoms. The number of carbonyl (C=O) groups is 1. The number of benzene rings is 2. The zero-order valence-electron chi connectivity index (χ0n) is 15.0. The zero-order chi connectivity index (χ0) is 18.7. The summed E-state index contributed by atoms with van der Waals surface area (Å²) in [5.41, 5.74) is 4.18. The number of hydrogen-bond acceptors (Lipinski definition) is 2. The molecular weight excluding hydrogens is 328 g/mol. The molecular formula is C21H22N2O3. The number of aromatic amines is 1. The normalized spacial score (nSPS) is 10.8. The van der Waals surface area contributed by atoms with E-state index >= 15 is 0 Å². The number of hydrogen-bond donors (Lipinski definition) is 2. The maximum Gasteiger partial charge on any atom is 0.336 e. The quantitative estimate of drug-likeness (QED) is 0.703. The molecule has 0 atom stereocenters. The van der Waals surface area contributed by atoms with Crippen LogP contribution in [0.5, 0.6) is 0 Å². The maximum absolute atomic E-state index is 12.5. The van der Waals surface area contributed by atoms with Gasteiger partial charge in [-0.1, -0.05) is 55.8 Å². The Bertz CT molecular complexity index is 981. The standard InChI is InChI=1S/C21H22N2O3/c1-3-4-9-18-19(20(24)23(2)22-18)15-12-10-14(11-13-15)16-7-5-6-8-17(16)21(25)26/h5-8,10-13,22H,3-4,9H2,1-2H3,(H,25,26). The summed E-state index contributed by atoms with van der Waals surface area (Å²) in [5, 5.41) is 12.5. The molecule has 0 unspecified atom stereocenters. The first kappa shape index (κ1) is 17.7. The van der Waals surface area contributed by atoms with Gasteiger partial charge in [0.1, 0.15) is 0 Å². The molecule has 1 heterocycles. The zero-order valence-corrected chi connectivity index (χ0v) is 15.0. The average molecular weight is 350 g/mol. The number of rotatable bonds is 6. The van der Waals surface area contributed by atoms with E-state index in [2.05, 4.69) is 12.0 Å². The number of nitrogens with one attached hydrogen (secondary N) is 1. The van der Waals surface area contributed by atoms with Crippen molar-refractivity contribution in [2.24, 2.45) is 7.05 Å². The number of carboxylic acids is 1. The summed E-state index contributed by atoms with van der Waals surface area (Å²) in [6.45, 7) is 2.12. The smallest absolute Gasteiger partial charge is 0.336 e. The molecule has 0 saturated carbocycles. The number of nitrogens with zero attached hydrogens (tertiary/aromatic N) is 1. The second-order valence-electron chi connectivity index (χ2n) is 6.36. The molecule has 0 aliphatic heterocycles. The Kier molecular flexibility index (Phi) is 5.07. The monoisotopic (exact) mass is 350 g/mol. The molecule has 3 rings (SSSR count). The van der Waals surface area contributed by atoms with E-state index in [9.17, 15) is 14.7 Å². The SMILES string of the molecule is CCCCc1[nH]n(C)c(=O)c1-c1ccc(-c2ccccc2C(=O)O)cc1. The van der Waals surface area contributed by atoms with E-state index in [4.69, 9.17) is 0 Å². The van der Waals surface area contributed by atoms with Gasteiger partial charge < -0.3 is 5.11 Å². The van der Waals surface area contributed by atoms with E-state index < -0.39 is 5.97 Å². The minimum absolute atomic E-state index is 0.0465. The van der Waals surface area contributed by atoms with E-state index in [1.807, 2.05) is 30.3 Å². The van der Waals surface area contributed by atoms with Crippen LogP contribution in [0.1, 0.15) is 35.8 Å². The van der Waals surface area contributed by atoms with Crippen LogP contribution < -0.4 is 5.56 Å². The van der Waals surface area contributed by atoms with Crippen molar-refractivity contribution in [2.75, 3.05) is 0 Å². The van der Waals surface area contributed by atoms with E-state index in [1.165, 1.54) is 4.68 Å². The minimum atomic E-state index is -0.953. The molecule has 3 aromatic rings. The van der Waals surface area contributed by atoms with E-state index in [1.54, 1.807) is 25.2 Å². The number of unbranched alkanes of at least 4 members (excludes halogenated alkanes) is 1. The highest BCUT2D eigenvalue weighted by atomic mass is 16.4. The van der Waals surface area contributed by atoms with Crippen LogP contribution in [0, 0.1) is 0 Å². The second kappa shape index (κ2) is 7.44. The molecule has 0 saturated heterocycles. The van der Waals surface area contributed by atoms with Gasteiger partial charge in [-0.15, -0.1) is 0 Å². The fourth-order valence-corrected chi connectivity index (χ4v) is 3.18. The second-order valence-corrected chi connectivity index (χ2v) is 6.36. The first-order valence-corrected chi connectivity index (χ1v) is 8.74. The summed E-state index contributed by atoms with van der Waals surface area (Å²) in [4.78, 5) is 23.9. The third-order valence-corrected chi connectivity index (χ3v) is 4.55. The summed E-state index contributed by atoms with van der Waals surface area (Å²) in [7, 11) is 1.72. The molecule has 5 heteroatoms. The van der Waals surface area contributed by atoms with Gasteiger partial charge in [-0.05, 0) is 35.6 Å². The van der Waals surface area contributed by atoms with Crippen LogP contribution in [0.4, 0.5) is 0 Å². The van der Waals surface area contributed by atoms with Gasteiger partial charge in [-0.3, -0.25) is 14.6 Å². The van der Waals surface area contributed by atoms with Crippen molar-refractivity contribution in [3.63, 3.8) is 0 Å². The van der Waals surface area contributed by atoms with Crippen molar-refractivity contribution in [2.45, 2.75) is 26.2 Å². The number of aromatic nitrogens is 2. The van der Waals surface area contributed by atoms with E-state index in [-0.39, 0.29) is 11.1 Å². The van der Waals surface area contributed by atoms with Crippen molar-refractivity contribution >= 4 is 5.97 Å². The molecule has 0 fully saturated rings. The third-order valence-electron chi connectivity index (χ3n) is 4.55. The topological polar surface area (TPSA) is 75.1 Å². The van der Waals surface area contributed by atoms with Crippen LogP contribution in [-0.4, -0.2) is 20.9 Å². The van der Waals surface area contributed by atoms with Crippen LogP contribution >= 0.6 is 0 Å². The maximum atomic E-state index is 12.5. The molecule has 5 nitrogen and oxygen atoms in total. The van der Waals surface area contributed by atoms with Crippen molar-refractivity contribution in [1.82, 2.24) is 9.78 Å². The lowest BCUT2D eigenvalue weighted by Crippen LogP contribution is -2.13. The molecule has 1 aromatic heterocycles. The number of carboxylic acid groups (broad SMARTS) is 1. The lowest BCUT2D eigenvalue weighted by Gasteiger charge is -2.08. The fraction of sp³-hybridized carbons (Fsp3) is 0.238. The Labute approximate surface area is 151 Å². The van der Waals surface area contributed by atoms with Gasteiger partial charge in [0.25, 0.3) is 5.56 Å². The molecule has 0 spiro atoms. The first-order chi connectivity index (χ1) is 12.5. The Morgan fingerprint density at radius 1 is 1.08 bits per heavy atom. The van der Waals surface area contributed by atoms with Gasteiger partial charge >= 0.3 is 5.97 Å². The summed E-state index contributed by atoms with van der Waals surface area (Å²) >= 11 is 0. The lowest BCUT2D eigenvalue weighted by atomic mass is 9.96. The molecule has 0 amide bonds. The van der Waals surface area contributed by atoms with E-state index in [0.29, 0.717) is 11.1 Å². The Hall–Kier alpha value is -3.08. The van der Waals surface area contributed by atoms with Gasteiger partial charge in [0.05, 0.1) is 11.1 Å². The summed E-state index contributed by atoms with van der Waals surface area (Å²) in [6, 6.07) is 14.4. The molecule has 134 valence electrons. The molecule has 2 aromatic carbocycles. The summed E-state index contributed by atoms with van der Waals surface area (Å²) < 4.78 is 1.51. The van der Waals surface area contributed by atoms with Crippen molar-refractivity contribution < 1.29 is 9.90 Å². The highest BCUT2D eigenvalue weighted by Crippen LogP contribution is 2.27. The summed E-state index contributed by atoms with van der Waals surface area (Å²) in [6.07, 6.45) is 2.89. The number of aromatic carboxylic acids is 1. The minimum Gasteiger partial charge on any atom is -0.478 e. The predicted octanol–water partition coefficient (Wildman–Crippen LogP) is 4.09. The van der Waals surface area contributed by atoms with Crippen LogP contribution in [0.15, 0.2) is 53.3 Å². The molecule has 2 N–H and O–H groups in total. The van der Waals surface area contributed by atoms with E-state index in [0.717, 1.165) is 36.1 Å². The molecule has 0 bridgehead atoms. The number of aryl methyl sites for hydroxylation is 2. The van der Waals surface area contributed by atoms with Crippen LogP contribution in [0.2, 0.25) is 0 Å². The van der Waals surface area contributed by atoms with Gasteiger partial charge in [-0.2, -0.15) is 0 Å². The van der Waals surface area contributed by atoms with Crippen LogP contribution in [-0.2, 0) is 13.5 Å². The highest BCUT2D eigenvalue weighted by molar-refractivity contribution is 5.96. The fourth-order valence-electron chi connectivity index (χ4n) is 3.18. The van der Waals surface area contributed by atoms with Crippen molar-refractivity contribution in [3.8, 4) is 22.3 Å². The summed E-state index contributed by atoms with van der Waals surface area (Å²) in [5.74, 6) is -0.953. The molecule has 0 aliphatic carbocycles. The predicted molar refractivity (Wildman–Crippen MR) is 102 cm³/mol. The van der Waals surface area contributed by atoms with Crippen LogP contribution in [0.25, 0.3) is 22.3 Å². The molecule has 0 aliphatic rings. The number of H-pyrrole nitrogens is 1. The average Bonchev–Trinajstić information content (AvgIpc) is 2.94. The van der Waals surface area contributed by atoms with Gasteiger partial charge in [0, 0.05) is 12.7 Å². The highest BCUT2D eigenvalue weighted by Gasteiger charge is 2.15. The molecule has 0 radical (unpaired) electrons. The lowest BCUT2D eigenvalue weighted by molar-refractivity contribution is 0.0697. The Morgan fingerprint density at radius 2 is 1.73 bits per heavy atom. The van der Waals surface area contributed by atoms with Crippen molar-refractivity contribution in [1.29, 1.82) is 0 Å². The van der Waals surface area contributed by atoms with Gasteiger partial charge in [0.2, 0.25) is 0 Å². The van der Waals surface area contributed by atoms with Crippen molar-refractivity contribution in [3.05, 3.63) is 70.1 Å². The Balaban J connectivity index is 2.02.